The predicted molar refractivity (Wildman–Crippen MR) is 80.7 cm³/mol. The molecular formula is C15H26O3Si. The Morgan fingerprint density at radius 2 is 1.84 bits per heavy atom. The lowest BCUT2D eigenvalue weighted by molar-refractivity contribution is 0.0830. The largest absolute Gasteiger partial charge is 0.513 e. The molecule has 0 spiro atoms. The van der Waals surface area contributed by atoms with Crippen LogP contribution in [0.1, 0.15) is 39.0 Å². The minimum absolute atomic E-state index is 0.346. The maximum atomic E-state index is 11.5. The van der Waals surface area contributed by atoms with E-state index in [-0.39, 0.29) is 0 Å². The van der Waals surface area contributed by atoms with E-state index in [1.807, 2.05) is 6.08 Å². The van der Waals surface area contributed by atoms with Crippen molar-refractivity contribution in [1.82, 2.24) is 0 Å². The molecule has 4 heteroatoms. The van der Waals surface area contributed by atoms with E-state index in [1.54, 1.807) is 6.92 Å². The van der Waals surface area contributed by atoms with Crippen molar-refractivity contribution in [3.8, 4) is 0 Å². The summed E-state index contributed by atoms with van der Waals surface area (Å²) in [5.74, 6) is 0.723. The third kappa shape index (κ3) is 6.62. The van der Waals surface area contributed by atoms with Crippen LogP contribution in [0.4, 0.5) is 4.79 Å². The average molecular weight is 282 g/mol. The van der Waals surface area contributed by atoms with Gasteiger partial charge in [-0.2, -0.15) is 0 Å². The van der Waals surface area contributed by atoms with Crippen LogP contribution in [0.15, 0.2) is 23.1 Å². The van der Waals surface area contributed by atoms with E-state index in [0.717, 1.165) is 18.6 Å². The fraction of sp³-hybridized carbons (Fsp3) is 0.667. The zero-order valence-electron chi connectivity index (χ0n) is 12.6. The number of carbonyl (C=O) groups excluding carboxylic acids is 1. The van der Waals surface area contributed by atoms with Gasteiger partial charge in [-0.05, 0) is 44.3 Å². The molecule has 3 nitrogen and oxygen atoms in total. The van der Waals surface area contributed by atoms with Crippen LogP contribution in [0.5, 0.6) is 0 Å². The molecule has 1 saturated carbocycles. The summed E-state index contributed by atoms with van der Waals surface area (Å²) in [4.78, 5) is 11.5. The Morgan fingerprint density at radius 3 is 2.37 bits per heavy atom. The summed E-state index contributed by atoms with van der Waals surface area (Å²) in [6.07, 6.45) is 7.11. The van der Waals surface area contributed by atoms with Crippen molar-refractivity contribution in [2.24, 2.45) is 0 Å². The molecule has 0 heterocycles. The van der Waals surface area contributed by atoms with Crippen molar-refractivity contribution in [1.29, 1.82) is 0 Å². The first-order valence-corrected chi connectivity index (χ1v) is 10.8. The minimum atomic E-state index is -1.30. The van der Waals surface area contributed by atoms with Gasteiger partial charge >= 0.3 is 6.16 Å². The maximum absolute atomic E-state index is 11.5. The molecule has 0 saturated heterocycles. The Hall–Kier alpha value is -1.03. The Kier molecular flexibility index (Phi) is 6.35. The second-order valence-corrected chi connectivity index (χ2v) is 11.1. The van der Waals surface area contributed by atoms with Crippen LogP contribution in [-0.2, 0) is 9.47 Å². The summed E-state index contributed by atoms with van der Waals surface area (Å²) in [6.45, 7) is 8.91. The first kappa shape index (κ1) is 16.0. The molecule has 0 aromatic rings. The highest BCUT2D eigenvalue weighted by atomic mass is 28.3. The summed E-state index contributed by atoms with van der Waals surface area (Å²) in [7, 11) is -1.30. The summed E-state index contributed by atoms with van der Waals surface area (Å²) >= 11 is 0. The Bertz CT molecular complexity index is 356. The summed E-state index contributed by atoms with van der Waals surface area (Å²) in [5.41, 5.74) is 3.47. The predicted octanol–water partition coefficient (Wildman–Crippen LogP) is 4.81. The fourth-order valence-corrected chi connectivity index (χ4v) is 2.66. The van der Waals surface area contributed by atoms with Gasteiger partial charge in [0.05, 0.1) is 14.7 Å². The zero-order valence-corrected chi connectivity index (χ0v) is 13.6. The molecule has 0 unspecified atom stereocenters. The van der Waals surface area contributed by atoms with Crippen molar-refractivity contribution >= 4 is 14.2 Å². The Balaban J connectivity index is 2.84. The Labute approximate surface area is 117 Å². The highest BCUT2D eigenvalue weighted by Crippen LogP contribution is 2.27. The van der Waals surface area contributed by atoms with Crippen LogP contribution in [0.3, 0.4) is 0 Å². The quantitative estimate of drug-likeness (QED) is 0.421. The smallest absolute Gasteiger partial charge is 0.434 e. The van der Waals surface area contributed by atoms with Crippen LogP contribution in [0.2, 0.25) is 19.6 Å². The lowest BCUT2D eigenvalue weighted by atomic mass is 9.94. The molecule has 0 atom stereocenters. The molecule has 19 heavy (non-hydrogen) atoms. The number of rotatable bonds is 4. The molecule has 0 aromatic carbocycles. The highest BCUT2D eigenvalue weighted by Gasteiger charge is 2.16. The monoisotopic (exact) mass is 282 g/mol. The maximum Gasteiger partial charge on any atom is 0.513 e. The van der Waals surface area contributed by atoms with E-state index < -0.39 is 14.2 Å². The van der Waals surface area contributed by atoms with Gasteiger partial charge in [-0.1, -0.05) is 31.8 Å². The SMILES string of the molecule is CCOC(=O)OC(/C=C/[Si](C)(C)C)=C1CCCCC1. The number of ether oxygens (including phenoxy) is 2. The summed E-state index contributed by atoms with van der Waals surface area (Å²) in [5, 5.41) is 0. The molecule has 1 rings (SSSR count). The van der Waals surface area contributed by atoms with Crippen molar-refractivity contribution in [2.75, 3.05) is 6.61 Å². The molecule has 0 amide bonds. The number of hydrogen-bond donors (Lipinski definition) is 0. The van der Waals surface area contributed by atoms with E-state index in [2.05, 4.69) is 25.3 Å². The molecule has 0 N–H and O–H groups in total. The van der Waals surface area contributed by atoms with Gasteiger partial charge in [0.1, 0.15) is 5.76 Å². The molecule has 0 aliphatic heterocycles. The van der Waals surface area contributed by atoms with Crippen LogP contribution in [0.25, 0.3) is 0 Å². The summed E-state index contributed by atoms with van der Waals surface area (Å²) < 4.78 is 10.3. The zero-order chi connectivity index (χ0) is 14.3. The van der Waals surface area contributed by atoms with Gasteiger partial charge in [0.2, 0.25) is 0 Å². The molecule has 1 aliphatic rings. The van der Waals surface area contributed by atoms with Crippen molar-refractivity contribution in [3.63, 3.8) is 0 Å². The number of carbonyl (C=O) groups is 1. The van der Waals surface area contributed by atoms with E-state index in [9.17, 15) is 4.79 Å². The molecule has 108 valence electrons. The van der Waals surface area contributed by atoms with Gasteiger partial charge in [-0.3, -0.25) is 0 Å². The van der Waals surface area contributed by atoms with Crippen molar-refractivity contribution in [3.05, 3.63) is 23.1 Å². The lowest BCUT2D eigenvalue weighted by Crippen LogP contribution is -2.16. The van der Waals surface area contributed by atoms with Crippen LogP contribution < -0.4 is 0 Å². The second kappa shape index (κ2) is 7.53. The van der Waals surface area contributed by atoms with Crippen LogP contribution in [0, 0.1) is 0 Å². The van der Waals surface area contributed by atoms with Gasteiger partial charge in [0.25, 0.3) is 0 Å². The van der Waals surface area contributed by atoms with E-state index >= 15 is 0 Å². The molecule has 0 bridgehead atoms. The van der Waals surface area contributed by atoms with E-state index in [0.29, 0.717) is 6.61 Å². The third-order valence-electron chi connectivity index (χ3n) is 3.00. The van der Waals surface area contributed by atoms with Crippen molar-refractivity contribution in [2.45, 2.75) is 58.7 Å². The second-order valence-electron chi connectivity index (χ2n) is 6.01. The lowest BCUT2D eigenvalue weighted by Gasteiger charge is -2.18. The van der Waals surface area contributed by atoms with Gasteiger partial charge in [-0.25, -0.2) is 4.79 Å². The van der Waals surface area contributed by atoms with Gasteiger partial charge in [0.15, 0.2) is 0 Å². The Morgan fingerprint density at radius 1 is 1.21 bits per heavy atom. The average Bonchev–Trinajstić information content (AvgIpc) is 2.35. The van der Waals surface area contributed by atoms with Crippen molar-refractivity contribution < 1.29 is 14.3 Å². The molecule has 1 aliphatic carbocycles. The first-order valence-electron chi connectivity index (χ1n) is 7.18. The standard InChI is InChI=1S/C15H26O3Si/c1-5-17-15(16)18-14(11-12-19(2,3)4)13-9-7-6-8-10-13/h11-12H,5-10H2,1-4H3/b12-11+. The van der Waals surface area contributed by atoms with Gasteiger partial charge < -0.3 is 9.47 Å². The molecule has 1 fully saturated rings. The fourth-order valence-electron chi connectivity index (χ4n) is 2.01. The first-order chi connectivity index (χ1) is 8.92. The summed E-state index contributed by atoms with van der Waals surface area (Å²) in [6, 6.07) is 0. The topological polar surface area (TPSA) is 35.5 Å². The normalized spacial score (nSPS) is 16.5. The molecule has 0 radical (unpaired) electrons. The van der Waals surface area contributed by atoms with Crippen LogP contribution in [-0.4, -0.2) is 20.8 Å². The van der Waals surface area contributed by atoms with E-state index in [4.69, 9.17) is 9.47 Å². The van der Waals surface area contributed by atoms with Gasteiger partial charge in [-0.15, -0.1) is 0 Å². The number of hydrogen-bond acceptors (Lipinski definition) is 3. The third-order valence-corrected chi connectivity index (χ3v) is 4.16. The number of allylic oxidation sites excluding steroid dienone is 2. The molecular weight excluding hydrogens is 256 g/mol. The molecule has 0 aromatic heterocycles. The minimum Gasteiger partial charge on any atom is -0.434 e. The van der Waals surface area contributed by atoms with Crippen LogP contribution >= 0.6 is 0 Å². The van der Waals surface area contributed by atoms with E-state index in [1.165, 1.54) is 24.8 Å². The van der Waals surface area contributed by atoms with Gasteiger partial charge in [0, 0.05) is 0 Å². The highest BCUT2D eigenvalue weighted by molar-refractivity contribution is 6.81.